The van der Waals surface area contributed by atoms with Crippen LogP contribution < -0.4 is 0 Å². The average Bonchev–Trinajstić information content (AvgIpc) is 2.43. The Kier molecular flexibility index (Phi) is 3.87. The van der Waals surface area contributed by atoms with Crippen LogP contribution >= 0.6 is 0 Å². The second-order valence-corrected chi connectivity index (χ2v) is 3.90. The van der Waals surface area contributed by atoms with Gasteiger partial charge in [0.1, 0.15) is 5.75 Å². The number of carbonyl (C=O) groups excluding carboxylic acids is 1. The van der Waals surface area contributed by atoms with Crippen molar-refractivity contribution in [2.45, 2.75) is 6.92 Å². The van der Waals surface area contributed by atoms with Crippen molar-refractivity contribution < 1.29 is 14.7 Å². The Morgan fingerprint density at radius 2 is 2.05 bits per heavy atom. The number of aromatic hydroxyl groups is 1. The summed E-state index contributed by atoms with van der Waals surface area (Å²) >= 11 is 0. The van der Waals surface area contributed by atoms with Crippen molar-refractivity contribution >= 4 is 12.2 Å². The number of aryl methyl sites for hydroxylation is 1. The Labute approximate surface area is 110 Å². The first kappa shape index (κ1) is 12.8. The summed E-state index contributed by atoms with van der Waals surface area (Å²) in [7, 11) is 0. The third-order valence-electron chi connectivity index (χ3n) is 2.47. The number of oxime groups is 1. The Morgan fingerprint density at radius 1 is 1.32 bits per heavy atom. The van der Waals surface area contributed by atoms with E-state index in [1.807, 2.05) is 0 Å². The molecule has 0 unspecified atom stereocenters. The van der Waals surface area contributed by atoms with Gasteiger partial charge in [-0.3, -0.25) is 4.98 Å². The van der Waals surface area contributed by atoms with E-state index in [1.54, 1.807) is 37.3 Å². The van der Waals surface area contributed by atoms with Crippen molar-refractivity contribution in [1.29, 1.82) is 0 Å². The van der Waals surface area contributed by atoms with Gasteiger partial charge in [-0.2, -0.15) is 0 Å². The third kappa shape index (κ3) is 3.38. The Hall–Kier alpha value is -2.69. The summed E-state index contributed by atoms with van der Waals surface area (Å²) < 4.78 is 0. The van der Waals surface area contributed by atoms with Gasteiger partial charge >= 0.3 is 5.97 Å². The van der Waals surface area contributed by atoms with Crippen molar-refractivity contribution in [1.82, 2.24) is 4.98 Å². The van der Waals surface area contributed by atoms with Crippen LogP contribution in [0.15, 0.2) is 47.9 Å². The van der Waals surface area contributed by atoms with E-state index in [1.165, 1.54) is 18.6 Å². The summed E-state index contributed by atoms with van der Waals surface area (Å²) in [6.07, 6.45) is 4.42. The van der Waals surface area contributed by atoms with Gasteiger partial charge in [-0.25, -0.2) is 4.79 Å². The molecule has 1 aromatic heterocycles. The molecule has 19 heavy (non-hydrogen) atoms. The zero-order valence-corrected chi connectivity index (χ0v) is 10.3. The van der Waals surface area contributed by atoms with Gasteiger partial charge in [0.2, 0.25) is 0 Å². The molecule has 0 spiro atoms. The summed E-state index contributed by atoms with van der Waals surface area (Å²) in [5.41, 5.74) is 1.84. The van der Waals surface area contributed by atoms with Gasteiger partial charge < -0.3 is 9.94 Å². The zero-order valence-electron chi connectivity index (χ0n) is 10.3. The largest absolute Gasteiger partial charge is 0.508 e. The van der Waals surface area contributed by atoms with Crippen molar-refractivity contribution in [2.24, 2.45) is 5.16 Å². The van der Waals surface area contributed by atoms with Crippen LogP contribution in [0.4, 0.5) is 0 Å². The van der Waals surface area contributed by atoms with Crippen LogP contribution in [-0.2, 0) is 4.84 Å². The van der Waals surface area contributed by atoms with Crippen molar-refractivity contribution in [3.8, 4) is 5.75 Å². The highest BCUT2D eigenvalue weighted by molar-refractivity contribution is 5.89. The quantitative estimate of drug-likeness (QED) is 0.519. The van der Waals surface area contributed by atoms with E-state index < -0.39 is 5.97 Å². The summed E-state index contributed by atoms with van der Waals surface area (Å²) in [6.45, 7) is 1.77. The number of aromatic nitrogens is 1. The Balaban J connectivity index is 2.00. The highest BCUT2D eigenvalue weighted by Crippen LogP contribution is 2.15. The fourth-order valence-electron chi connectivity index (χ4n) is 1.43. The molecule has 1 aromatic carbocycles. The minimum absolute atomic E-state index is 0.214. The lowest BCUT2D eigenvalue weighted by Crippen LogP contribution is -2.00. The Bertz CT molecular complexity index is 609. The number of phenolic OH excluding ortho intramolecular Hbond substituents is 1. The molecule has 1 heterocycles. The first-order chi connectivity index (χ1) is 9.16. The highest BCUT2D eigenvalue weighted by Gasteiger charge is 2.05. The third-order valence-corrected chi connectivity index (χ3v) is 2.47. The minimum Gasteiger partial charge on any atom is -0.508 e. The average molecular weight is 256 g/mol. The fourth-order valence-corrected chi connectivity index (χ4v) is 1.43. The Morgan fingerprint density at radius 3 is 2.74 bits per heavy atom. The molecular formula is C14H12N2O3. The molecule has 5 nitrogen and oxygen atoms in total. The van der Waals surface area contributed by atoms with Crippen molar-refractivity contribution in [2.75, 3.05) is 0 Å². The molecule has 1 N–H and O–H groups in total. The number of carbonyl (C=O) groups is 1. The SMILES string of the molecule is Cc1cc(/C=N/OC(=O)c2ccncc2)ccc1O. The van der Waals surface area contributed by atoms with E-state index in [0.29, 0.717) is 5.56 Å². The van der Waals surface area contributed by atoms with Gasteiger partial charge in [-0.1, -0.05) is 5.16 Å². The van der Waals surface area contributed by atoms with Crippen LogP contribution in [0.1, 0.15) is 21.5 Å². The minimum atomic E-state index is -0.547. The molecular weight excluding hydrogens is 244 g/mol. The van der Waals surface area contributed by atoms with Crippen molar-refractivity contribution in [3.05, 3.63) is 59.4 Å². The normalized spacial score (nSPS) is 10.6. The van der Waals surface area contributed by atoms with Crippen LogP contribution in [0, 0.1) is 6.92 Å². The van der Waals surface area contributed by atoms with Crippen molar-refractivity contribution in [3.63, 3.8) is 0 Å². The molecule has 0 bridgehead atoms. The monoisotopic (exact) mass is 256 g/mol. The molecule has 0 aliphatic carbocycles. The number of benzene rings is 1. The standard InChI is InChI=1S/C14H12N2O3/c1-10-8-11(2-3-13(10)17)9-16-19-14(18)12-4-6-15-7-5-12/h2-9,17H,1H3/b16-9+. The molecule has 0 saturated heterocycles. The topological polar surface area (TPSA) is 71.8 Å². The van der Waals surface area contributed by atoms with Gasteiger partial charge in [0.25, 0.3) is 0 Å². The highest BCUT2D eigenvalue weighted by atomic mass is 16.7. The summed E-state index contributed by atoms with van der Waals surface area (Å²) in [5, 5.41) is 13.0. The maximum atomic E-state index is 11.6. The molecule has 96 valence electrons. The molecule has 0 fully saturated rings. The second kappa shape index (κ2) is 5.77. The second-order valence-electron chi connectivity index (χ2n) is 3.90. The van der Waals surface area contributed by atoms with E-state index in [4.69, 9.17) is 4.84 Å². The van der Waals surface area contributed by atoms with E-state index in [9.17, 15) is 9.90 Å². The number of nitrogens with zero attached hydrogens (tertiary/aromatic N) is 2. The van der Waals surface area contributed by atoms with E-state index in [-0.39, 0.29) is 5.75 Å². The molecule has 2 aromatic rings. The first-order valence-corrected chi connectivity index (χ1v) is 5.61. The number of hydrogen-bond acceptors (Lipinski definition) is 5. The van der Waals surface area contributed by atoms with E-state index in [2.05, 4.69) is 10.1 Å². The van der Waals surface area contributed by atoms with Crippen LogP contribution in [0.3, 0.4) is 0 Å². The smallest absolute Gasteiger partial charge is 0.365 e. The predicted molar refractivity (Wildman–Crippen MR) is 70.1 cm³/mol. The lowest BCUT2D eigenvalue weighted by atomic mass is 10.1. The number of phenols is 1. The van der Waals surface area contributed by atoms with Gasteiger partial charge in [0, 0.05) is 12.4 Å². The number of pyridine rings is 1. The zero-order chi connectivity index (χ0) is 13.7. The number of rotatable bonds is 3. The van der Waals surface area contributed by atoms with Crippen LogP contribution in [-0.4, -0.2) is 22.3 Å². The molecule has 0 amide bonds. The first-order valence-electron chi connectivity index (χ1n) is 5.61. The van der Waals surface area contributed by atoms with Gasteiger partial charge in [0.15, 0.2) is 0 Å². The summed E-state index contributed by atoms with van der Waals surface area (Å²) in [4.78, 5) is 20.1. The van der Waals surface area contributed by atoms with Gasteiger partial charge in [0.05, 0.1) is 11.8 Å². The molecule has 5 heteroatoms. The molecule has 0 radical (unpaired) electrons. The van der Waals surface area contributed by atoms with E-state index in [0.717, 1.165) is 11.1 Å². The predicted octanol–water partition coefficient (Wildman–Crippen LogP) is 2.29. The molecule has 0 atom stereocenters. The van der Waals surface area contributed by atoms with Crippen LogP contribution in [0.5, 0.6) is 5.75 Å². The lowest BCUT2D eigenvalue weighted by Gasteiger charge is -1.99. The molecule has 0 saturated carbocycles. The van der Waals surface area contributed by atoms with Gasteiger partial charge in [-0.05, 0) is 48.4 Å². The lowest BCUT2D eigenvalue weighted by molar-refractivity contribution is 0.0519. The summed E-state index contributed by atoms with van der Waals surface area (Å²) in [5.74, 6) is -0.333. The molecule has 2 rings (SSSR count). The number of hydrogen-bond donors (Lipinski definition) is 1. The maximum Gasteiger partial charge on any atom is 0.365 e. The van der Waals surface area contributed by atoms with Crippen LogP contribution in [0.25, 0.3) is 0 Å². The summed E-state index contributed by atoms with van der Waals surface area (Å²) in [6, 6.07) is 8.05. The van der Waals surface area contributed by atoms with Crippen LogP contribution in [0.2, 0.25) is 0 Å². The molecule has 0 aliphatic rings. The molecule has 0 aliphatic heterocycles. The fraction of sp³-hybridized carbons (Fsp3) is 0.0714. The van der Waals surface area contributed by atoms with E-state index >= 15 is 0 Å². The van der Waals surface area contributed by atoms with Gasteiger partial charge in [-0.15, -0.1) is 0 Å². The maximum absolute atomic E-state index is 11.6.